The van der Waals surface area contributed by atoms with Gasteiger partial charge < -0.3 is 5.11 Å². The molecule has 1 aliphatic rings. The van der Waals surface area contributed by atoms with E-state index < -0.39 is 29.5 Å². The molecule has 0 spiro atoms. The zero-order valence-electron chi connectivity index (χ0n) is 8.49. The van der Waals surface area contributed by atoms with Gasteiger partial charge in [0, 0.05) is 12.8 Å². The van der Waals surface area contributed by atoms with Crippen LogP contribution in [0.2, 0.25) is 0 Å². The van der Waals surface area contributed by atoms with Gasteiger partial charge in [-0.3, -0.25) is 9.59 Å². The predicted molar refractivity (Wildman–Crippen MR) is 47.4 cm³/mol. The smallest absolute Gasteiger partial charge is 0.360 e. The molecule has 6 heteroatoms. The van der Waals surface area contributed by atoms with E-state index in [2.05, 4.69) is 0 Å². The summed E-state index contributed by atoms with van der Waals surface area (Å²) in [5.41, 5.74) is -0.525. The first-order valence-electron chi connectivity index (χ1n) is 4.46. The zero-order chi connectivity index (χ0) is 11.8. The second kappa shape index (κ2) is 3.60. The van der Waals surface area contributed by atoms with Gasteiger partial charge in [0.15, 0.2) is 0 Å². The van der Waals surface area contributed by atoms with Crippen molar-refractivity contribution in [3.8, 4) is 0 Å². The van der Waals surface area contributed by atoms with Gasteiger partial charge in [-0.25, -0.2) is 14.1 Å². The lowest BCUT2D eigenvalue weighted by molar-refractivity contribution is -0.170. The lowest BCUT2D eigenvalue weighted by atomic mass is 9.82. The summed E-state index contributed by atoms with van der Waals surface area (Å²) >= 11 is 0. The average molecular weight is 217 g/mol. The molecular weight excluding hydrogens is 205 g/mol. The molecule has 5 nitrogen and oxygen atoms in total. The third-order valence-corrected chi connectivity index (χ3v) is 2.23. The van der Waals surface area contributed by atoms with Crippen molar-refractivity contribution in [2.24, 2.45) is 5.41 Å². The van der Waals surface area contributed by atoms with E-state index in [1.807, 2.05) is 0 Å². The minimum atomic E-state index is -2.57. The van der Waals surface area contributed by atoms with Crippen LogP contribution in [0.5, 0.6) is 0 Å². The van der Waals surface area contributed by atoms with Crippen LogP contribution >= 0.6 is 0 Å². The van der Waals surface area contributed by atoms with Crippen LogP contribution in [0.4, 0.5) is 4.39 Å². The number of amides is 2. The molecule has 15 heavy (non-hydrogen) atoms. The van der Waals surface area contributed by atoms with Crippen molar-refractivity contribution < 1.29 is 23.9 Å². The Labute approximate surface area is 85.9 Å². The summed E-state index contributed by atoms with van der Waals surface area (Å²) < 4.78 is 13.0. The monoisotopic (exact) mass is 217 g/mol. The van der Waals surface area contributed by atoms with Crippen molar-refractivity contribution in [2.45, 2.75) is 33.0 Å². The largest absolute Gasteiger partial charge is 0.478 e. The summed E-state index contributed by atoms with van der Waals surface area (Å²) in [4.78, 5) is 33.3. The molecule has 1 rings (SSSR count). The van der Waals surface area contributed by atoms with Crippen molar-refractivity contribution in [2.75, 3.05) is 0 Å². The molecule has 1 saturated heterocycles. The number of carbonyl (C=O) groups is 3. The fourth-order valence-electron chi connectivity index (χ4n) is 1.55. The van der Waals surface area contributed by atoms with Crippen molar-refractivity contribution in [1.82, 2.24) is 4.90 Å². The summed E-state index contributed by atoms with van der Waals surface area (Å²) in [6, 6.07) is 0. The molecule has 1 atom stereocenters. The minimum absolute atomic E-state index is 0.0214. The van der Waals surface area contributed by atoms with Crippen molar-refractivity contribution in [3.05, 3.63) is 0 Å². The number of alkyl halides is 1. The van der Waals surface area contributed by atoms with Gasteiger partial charge in [0.2, 0.25) is 11.8 Å². The number of carboxylic acid groups (broad SMARTS) is 1. The summed E-state index contributed by atoms with van der Waals surface area (Å²) in [6.45, 7) is 3.41. The maximum Gasteiger partial charge on any atom is 0.360 e. The van der Waals surface area contributed by atoms with E-state index in [1.54, 1.807) is 13.8 Å². The van der Waals surface area contributed by atoms with E-state index >= 15 is 0 Å². The Bertz CT molecular complexity index is 306. The number of hydrogen-bond donors (Lipinski definition) is 1. The Morgan fingerprint density at radius 1 is 1.40 bits per heavy atom. The summed E-state index contributed by atoms with van der Waals surface area (Å²) in [5, 5.41) is 8.38. The molecule has 1 N–H and O–H groups in total. The highest BCUT2D eigenvalue weighted by Crippen LogP contribution is 2.32. The summed E-state index contributed by atoms with van der Waals surface area (Å²) in [6.07, 6.45) is -2.61. The molecule has 1 unspecified atom stereocenters. The van der Waals surface area contributed by atoms with Crippen LogP contribution in [-0.4, -0.2) is 34.1 Å². The molecule has 0 radical (unpaired) electrons. The van der Waals surface area contributed by atoms with Crippen LogP contribution in [0.1, 0.15) is 26.7 Å². The first-order valence-corrected chi connectivity index (χ1v) is 4.46. The van der Waals surface area contributed by atoms with Gasteiger partial charge in [-0.15, -0.1) is 0 Å². The van der Waals surface area contributed by atoms with Crippen LogP contribution in [0.3, 0.4) is 0 Å². The number of piperidine rings is 1. The number of carboxylic acids is 1. The number of halogens is 1. The number of nitrogens with zero attached hydrogens (tertiary/aromatic N) is 1. The highest BCUT2D eigenvalue weighted by atomic mass is 19.1. The van der Waals surface area contributed by atoms with E-state index in [0.717, 1.165) is 0 Å². The van der Waals surface area contributed by atoms with Gasteiger partial charge in [0.1, 0.15) is 0 Å². The van der Waals surface area contributed by atoms with Crippen LogP contribution in [0.15, 0.2) is 0 Å². The van der Waals surface area contributed by atoms with E-state index in [0.29, 0.717) is 0 Å². The van der Waals surface area contributed by atoms with Gasteiger partial charge in [-0.05, 0) is 5.41 Å². The first-order chi connectivity index (χ1) is 6.74. The van der Waals surface area contributed by atoms with Crippen molar-refractivity contribution >= 4 is 17.8 Å². The topological polar surface area (TPSA) is 74.7 Å². The number of carbonyl (C=O) groups excluding carboxylic acids is 2. The molecule has 1 heterocycles. The van der Waals surface area contributed by atoms with Gasteiger partial charge in [0.25, 0.3) is 6.30 Å². The third kappa shape index (κ3) is 2.31. The van der Waals surface area contributed by atoms with Crippen LogP contribution < -0.4 is 0 Å². The predicted octanol–water partition coefficient (Wildman–Crippen LogP) is 0.542. The second-order valence-electron chi connectivity index (χ2n) is 4.35. The maximum atomic E-state index is 13.0. The van der Waals surface area contributed by atoms with Crippen molar-refractivity contribution in [1.29, 1.82) is 0 Å². The lowest BCUT2D eigenvalue weighted by Crippen LogP contribution is -2.52. The second-order valence-corrected chi connectivity index (χ2v) is 4.35. The fourth-order valence-corrected chi connectivity index (χ4v) is 1.55. The lowest BCUT2D eigenvalue weighted by Gasteiger charge is -2.34. The molecule has 1 aliphatic heterocycles. The number of aliphatic carboxylic acids is 1. The van der Waals surface area contributed by atoms with Gasteiger partial charge in [-0.2, -0.15) is 0 Å². The Kier molecular flexibility index (Phi) is 2.79. The molecule has 0 aromatic carbocycles. The van der Waals surface area contributed by atoms with Crippen LogP contribution in [0, 0.1) is 5.41 Å². The number of hydrogen-bond acceptors (Lipinski definition) is 3. The van der Waals surface area contributed by atoms with Crippen molar-refractivity contribution in [3.63, 3.8) is 0 Å². The van der Waals surface area contributed by atoms with Crippen LogP contribution in [0.25, 0.3) is 0 Å². The third-order valence-electron chi connectivity index (χ3n) is 2.23. The number of rotatable bonds is 2. The summed E-state index contributed by atoms with van der Waals surface area (Å²) in [7, 11) is 0. The number of likely N-dealkylation sites (tertiary alicyclic amines) is 1. The normalized spacial score (nSPS) is 22.7. The van der Waals surface area contributed by atoms with E-state index in [9.17, 15) is 18.8 Å². The average Bonchev–Trinajstić information content (AvgIpc) is 1.99. The molecule has 0 aromatic rings. The molecule has 1 fully saturated rings. The van der Waals surface area contributed by atoms with Gasteiger partial charge in [-0.1, -0.05) is 13.8 Å². The fraction of sp³-hybridized carbons (Fsp3) is 0.667. The Balaban J connectivity index is 2.89. The molecule has 0 bridgehead atoms. The Morgan fingerprint density at radius 3 is 2.13 bits per heavy atom. The van der Waals surface area contributed by atoms with E-state index in [4.69, 9.17) is 5.11 Å². The first kappa shape index (κ1) is 11.6. The highest BCUT2D eigenvalue weighted by Gasteiger charge is 2.43. The highest BCUT2D eigenvalue weighted by molar-refractivity contribution is 6.01. The molecule has 2 amide bonds. The Morgan fingerprint density at radius 2 is 1.80 bits per heavy atom. The SMILES string of the molecule is CC1(C)CC(=O)N(C(F)C(=O)O)C(=O)C1. The van der Waals surface area contributed by atoms with Gasteiger partial charge in [0.05, 0.1) is 0 Å². The molecule has 84 valence electrons. The zero-order valence-corrected chi connectivity index (χ0v) is 8.49. The van der Waals surface area contributed by atoms with Crippen LogP contribution in [-0.2, 0) is 14.4 Å². The summed E-state index contributed by atoms with van der Waals surface area (Å²) in [5.74, 6) is -3.37. The van der Waals surface area contributed by atoms with Gasteiger partial charge >= 0.3 is 5.97 Å². The number of imide groups is 1. The molecule has 0 aliphatic carbocycles. The Hall–Kier alpha value is -1.46. The quantitative estimate of drug-likeness (QED) is 0.541. The standard InChI is InChI=1S/C9H12FNO4/c1-9(2)3-5(12)11(6(13)4-9)7(10)8(14)15/h7H,3-4H2,1-2H3,(H,14,15). The molecule has 0 saturated carbocycles. The molecule has 0 aromatic heterocycles. The van der Waals surface area contributed by atoms with E-state index in [1.165, 1.54) is 0 Å². The maximum absolute atomic E-state index is 13.0. The molecular formula is C9H12FNO4. The van der Waals surface area contributed by atoms with E-state index in [-0.39, 0.29) is 17.7 Å². The minimum Gasteiger partial charge on any atom is -0.478 e.